The van der Waals surface area contributed by atoms with Crippen molar-refractivity contribution >= 4 is 54.0 Å². The molecule has 1 fully saturated rings. The van der Waals surface area contributed by atoms with Gasteiger partial charge >= 0.3 is 0 Å². The molecule has 3 heterocycles. The Hall–Kier alpha value is -1.81. The van der Waals surface area contributed by atoms with E-state index < -0.39 is 10.0 Å². The first-order valence-corrected chi connectivity index (χ1v) is 12.3. The van der Waals surface area contributed by atoms with Gasteiger partial charge in [-0.3, -0.25) is 9.69 Å². The van der Waals surface area contributed by atoms with Crippen LogP contribution >= 0.6 is 22.7 Å². The monoisotopic (exact) mass is 435 g/mol. The lowest BCUT2D eigenvalue weighted by Crippen LogP contribution is -2.44. The van der Waals surface area contributed by atoms with Gasteiger partial charge in [-0.2, -0.15) is 4.31 Å². The molecule has 1 amide bonds. The Morgan fingerprint density at radius 3 is 2.61 bits per heavy atom. The number of carbonyl (C=O) groups is 1. The van der Waals surface area contributed by atoms with Gasteiger partial charge in [-0.1, -0.05) is 29.5 Å². The van der Waals surface area contributed by atoms with Crippen LogP contribution < -0.4 is 4.90 Å². The molecule has 1 aliphatic rings. The fourth-order valence-electron chi connectivity index (χ4n) is 3.46. The van der Waals surface area contributed by atoms with Gasteiger partial charge in [-0.25, -0.2) is 13.4 Å². The van der Waals surface area contributed by atoms with Crippen LogP contribution in [0.5, 0.6) is 0 Å². The maximum absolute atomic E-state index is 13.1. The summed E-state index contributed by atoms with van der Waals surface area (Å²) in [7, 11) is -3.45. The molecule has 0 spiro atoms. The Balaban J connectivity index is 1.47. The number of thiazole rings is 1. The third kappa shape index (κ3) is 3.59. The van der Waals surface area contributed by atoms with Crippen molar-refractivity contribution in [2.45, 2.75) is 24.0 Å². The van der Waals surface area contributed by atoms with Gasteiger partial charge in [-0.05, 0) is 43.3 Å². The standard InChI is InChI=1S/C19H21N3O3S3/c1-2-22(19-20-15-6-3-4-7-16(15)27-19)18(23)14-9-11-21(12-10-14)28(24,25)17-8-5-13-26-17/h3-8,13-14H,2,9-12H2,1H3. The molecule has 1 aromatic carbocycles. The van der Waals surface area contributed by atoms with Crippen LogP contribution in [0.3, 0.4) is 0 Å². The van der Waals surface area contributed by atoms with Gasteiger partial charge in [0.25, 0.3) is 10.0 Å². The first-order valence-electron chi connectivity index (χ1n) is 9.21. The Bertz CT molecular complexity index is 1040. The number of hydrogen-bond acceptors (Lipinski definition) is 6. The molecule has 9 heteroatoms. The number of sulfonamides is 1. The van der Waals surface area contributed by atoms with Crippen LogP contribution in [-0.4, -0.2) is 43.2 Å². The van der Waals surface area contributed by atoms with Crippen LogP contribution in [0, 0.1) is 5.92 Å². The average molecular weight is 436 g/mol. The molecule has 0 unspecified atom stereocenters. The smallest absolute Gasteiger partial charge is 0.252 e. The van der Waals surface area contributed by atoms with Gasteiger partial charge in [0.1, 0.15) is 4.21 Å². The second-order valence-electron chi connectivity index (χ2n) is 6.66. The molecule has 0 atom stereocenters. The van der Waals surface area contributed by atoms with Crippen molar-refractivity contribution in [2.75, 3.05) is 24.5 Å². The van der Waals surface area contributed by atoms with Crippen molar-refractivity contribution in [1.82, 2.24) is 9.29 Å². The fourth-order valence-corrected chi connectivity index (χ4v) is 7.11. The van der Waals surface area contributed by atoms with Crippen molar-refractivity contribution < 1.29 is 13.2 Å². The minimum atomic E-state index is -3.45. The molecule has 3 aromatic rings. The number of anilines is 1. The lowest BCUT2D eigenvalue weighted by molar-refractivity contribution is -0.123. The Morgan fingerprint density at radius 1 is 1.21 bits per heavy atom. The molecule has 0 radical (unpaired) electrons. The van der Waals surface area contributed by atoms with Gasteiger partial charge in [0.2, 0.25) is 5.91 Å². The molecule has 0 bridgehead atoms. The summed E-state index contributed by atoms with van der Waals surface area (Å²) in [6, 6.07) is 11.2. The first kappa shape index (κ1) is 19.5. The van der Waals surface area contributed by atoms with Crippen LogP contribution in [0.2, 0.25) is 0 Å². The molecule has 0 saturated carbocycles. The number of carbonyl (C=O) groups excluding carboxylic acids is 1. The van der Waals surface area contributed by atoms with E-state index in [1.807, 2.05) is 31.2 Å². The van der Waals surface area contributed by atoms with E-state index in [4.69, 9.17) is 0 Å². The summed E-state index contributed by atoms with van der Waals surface area (Å²) < 4.78 is 28.3. The summed E-state index contributed by atoms with van der Waals surface area (Å²) in [5.74, 6) is -0.142. The number of rotatable bonds is 5. The van der Waals surface area contributed by atoms with Crippen LogP contribution in [0.25, 0.3) is 10.2 Å². The number of thiophene rings is 1. The summed E-state index contributed by atoms with van der Waals surface area (Å²) in [5.41, 5.74) is 0.894. The highest BCUT2D eigenvalue weighted by Gasteiger charge is 2.34. The molecule has 28 heavy (non-hydrogen) atoms. The summed E-state index contributed by atoms with van der Waals surface area (Å²) in [5, 5.41) is 2.47. The first-order chi connectivity index (χ1) is 13.5. The zero-order valence-corrected chi connectivity index (χ0v) is 17.9. The number of amides is 1. The molecule has 148 valence electrons. The molecule has 4 rings (SSSR count). The number of benzene rings is 1. The number of hydrogen-bond donors (Lipinski definition) is 0. The topological polar surface area (TPSA) is 70.6 Å². The second-order valence-corrected chi connectivity index (χ2v) is 10.8. The number of aromatic nitrogens is 1. The van der Waals surface area contributed by atoms with Crippen molar-refractivity contribution in [3.05, 3.63) is 41.8 Å². The van der Waals surface area contributed by atoms with Crippen molar-refractivity contribution in [3.8, 4) is 0 Å². The van der Waals surface area contributed by atoms with Crippen molar-refractivity contribution in [1.29, 1.82) is 0 Å². The van der Waals surface area contributed by atoms with Crippen LogP contribution in [0.1, 0.15) is 19.8 Å². The molecular formula is C19H21N3O3S3. The molecule has 6 nitrogen and oxygen atoms in total. The van der Waals surface area contributed by atoms with Crippen molar-refractivity contribution in [3.63, 3.8) is 0 Å². The van der Waals surface area contributed by atoms with E-state index >= 15 is 0 Å². The third-order valence-corrected chi connectivity index (χ3v) is 9.32. The number of piperidine rings is 1. The normalized spacial score (nSPS) is 16.5. The Labute approximate surface area is 172 Å². The SMILES string of the molecule is CCN(C(=O)C1CCN(S(=O)(=O)c2cccs2)CC1)c1nc2ccccc2s1. The van der Waals surface area contributed by atoms with Gasteiger partial charge in [0.15, 0.2) is 5.13 Å². The van der Waals surface area contributed by atoms with E-state index in [9.17, 15) is 13.2 Å². The summed E-state index contributed by atoms with van der Waals surface area (Å²) in [4.78, 5) is 19.5. The largest absolute Gasteiger partial charge is 0.288 e. The average Bonchev–Trinajstić information content (AvgIpc) is 3.39. The zero-order valence-electron chi connectivity index (χ0n) is 15.4. The maximum Gasteiger partial charge on any atom is 0.252 e. The molecule has 1 saturated heterocycles. The minimum absolute atomic E-state index is 0.0368. The van der Waals surface area contributed by atoms with Gasteiger partial charge in [0.05, 0.1) is 10.2 Å². The highest BCUT2D eigenvalue weighted by molar-refractivity contribution is 7.91. The molecule has 1 aliphatic heterocycles. The van der Waals surface area contributed by atoms with E-state index in [1.165, 1.54) is 27.0 Å². The van der Waals surface area contributed by atoms with Gasteiger partial charge < -0.3 is 0 Å². The summed E-state index contributed by atoms with van der Waals surface area (Å²) in [6.07, 6.45) is 1.07. The van der Waals surface area contributed by atoms with Crippen molar-refractivity contribution in [2.24, 2.45) is 5.92 Å². The predicted octanol–water partition coefficient (Wildman–Crippen LogP) is 3.81. The lowest BCUT2D eigenvalue weighted by Gasteiger charge is -2.32. The molecule has 0 N–H and O–H groups in total. The van der Waals surface area contributed by atoms with E-state index in [2.05, 4.69) is 4.98 Å². The van der Waals surface area contributed by atoms with E-state index in [0.717, 1.165) is 10.2 Å². The Morgan fingerprint density at radius 2 is 1.96 bits per heavy atom. The van der Waals surface area contributed by atoms with E-state index in [-0.39, 0.29) is 11.8 Å². The van der Waals surface area contributed by atoms with Crippen LogP contribution in [0.15, 0.2) is 46.0 Å². The van der Waals surface area contributed by atoms with Crippen LogP contribution in [-0.2, 0) is 14.8 Å². The van der Waals surface area contributed by atoms with E-state index in [1.54, 1.807) is 22.4 Å². The molecule has 0 aliphatic carbocycles. The predicted molar refractivity (Wildman–Crippen MR) is 113 cm³/mol. The number of fused-ring (bicyclic) bond motifs is 1. The third-order valence-electron chi connectivity index (χ3n) is 4.99. The highest BCUT2D eigenvalue weighted by atomic mass is 32.2. The zero-order chi connectivity index (χ0) is 19.7. The maximum atomic E-state index is 13.1. The number of nitrogens with zero attached hydrogens (tertiary/aromatic N) is 3. The quantitative estimate of drug-likeness (QED) is 0.611. The summed E-state index contributed by atoms with van der Waals surface area (Å²) in [6.45, 7) is 3.23. The molecular weight excluding hydrogens is 414 g/mol. The van der Waals surface area contributed by atoms with Gasteiger partial charge in [0, 0.05) is 25.6 Å². The minimum Gasteiger partial charge on any atom is -0.288 e. The summed E-state index contributed by atoms with van der Waals surface area (Å²) >= 11 is 2.74. The molecule has 2 aromatic heterocycles. The Kier molecular flexibility index (Phi) is 5.50. The fraction of sp³-hybridized carbons (Fsp3) is 0.368. The highest BCUT2D eigenvalue weighted by Crippen LogP contribution is 2.32. The number of para-hydroxylation sites is 1. The lowest BCUT2D eigenvalue weighted by atomic mass is 9.96. The van der Waals surface area contributed by atoms with Gasteiger partial charge in [-0.15, -0.1) is 11.3 Å². The second kappa shape index (κ2) is 7.90. The van der Waals surface area contributed by atoms with Crippen LogP contribution in [0.4, 0.5) is 5.13 Å². The van der Waals surface area contributed by atoms with E-state index in [0.29, 0.717) is 41.8 Å².